The van der Waals surface area contributed by atoms with E-state index in [1.807, 2.05) is 31.2 Å². The minimum Gasteiger partial charge on any atom is -0.383 e. The SMILES string of the molecule is Cc1ccc(/C=C(\Cl)C(O)c2ccc(F)cc2)cc1. The molecule has 1 unspecified atom stereocenters. The summed E-state index contributed by atoms with van der Waals surface area (Å²) in [5.41, 5.74) is 2.64. The minimum atomic E-state index is -0.941. The van der Waals surface area contributed by atoms with Crippen LogP contribution in [-0.2, 0) is 0 Å². The van der Waals surface area contributed by atoms with Gasteiger partial charge in [0.05, 0.1) is 5.03 Å². The largest absolute Gasteiger partial charge is 0.383 e. The quantitative estimate of drug-likeness (QED) is 0.878. The van der Waals surface area contributed by atoms with Crippen LogP contribution in [0.15, 0.2) is 53.6 Å². The van der Waals surface area contributed by atoms with Crippen molar-refractivity contribution in [2.75, 3.05) is 0 Å². The molecule has 1 nitrogen and oxygen atoms in total. The fraction of sp³-hybridized carbons (Fsp3) is 0.125. The van der Waals surface area contributed by atoms with E-state index >= 15 is 0 Å². The molecule has 2 aromatic carbocycles. The summed E-state index contributed by atoms with van der Waals surface area (Å²) in [6.45, 7) is 2.00. The Labute approximate surface area is 117 Å². The smallest absolute Gasteiger partial charge is 0.123 e. The second-order valence-corrected chi connectivity index (χ2v) is 4.83. The zero-order valence-corrected chi connectivity index (χ0v) is 11.2. The van der Waals surface area contributed by atoms with Gasteiger partial charge in [-0.05, 0) is 36.3 Å². The van der Waals surface area contributed by atoms with Gasteiger partial charge in [-0.1, -0.05) is 53.6 Å². The Morgan fingerprint density at radius 2 is 1.68 bits per heavy atom. The van der Waals surface area contributed by atoms with Gasteiger partial charge in [-0.15, -0.1) is 0 Å². The van der Waals surface area contributed by atoms with Crippen LogP contribution in [0, 0.1) is 12.7 Å². The van der Waals surface area contributed by atoms with Crippen LogP contribution in [0.1, 0.15) is 22.8 Å². The summed E-state index contributed by atoms with van der Waals surface area (Å²) >= 11 is 6.10. The third-order valence-electron chi connectivity index (χ3n) is 2.83. The van der Waals surface area contributed by atoms with Crippen LogP contribution >= 0.6 is 11.6 Å². The minimum absolute atomic E-state index is 0.301. The van der Waals surface area contributed by atoms with Crippen molar-refractivity contribution in [3.8, 4) is 0 Å². The summed E-state index contributed by atoms with van der Waals surface area (Å²) < 4.78 is 12.8. The van der Waals surface area contributed by atoms with Gasteiger partial charge in [0.15, 0.2) is 0 Å². The first-order valence-electron chi connectivity index (χ1n) is 5.93. The molecule has 0 saturated carbocycles. The third-order valence-corrected chi connectivity index (χ3v) is 3.14. The number of hydrogen-bond acceptors (Lipinski definition) is 1. The van der Waals surface area contributed by atoms with Gasteiger partial charge >= 0.3 is 0 Å². The Balaban J connectivity index is 2.20. The lowest BCUT2D eigenvalue weighted by Crippen LogP contribution is -1.97. The van der Waals surface area contributed by atoms with E-state index in [9.17, 15) is 9.50 Å². The van der Waals surface area contributed by atoms with E-state index < -0.39 is 6.10 Å². The molecular formula is C16H14ClFO. The highest BCUT2D eigenvalue weighted by Gasteiger charge is 2.11. The molecule has 0 saturated heterocycles. The highest BCUT2D eigenvalue weighted by Crippen LogP contribution is 2.26. The summed E-state index contributed by atoms with van der Waals surface area (Å²) in [4.78, 5) is 0. The zero-order valence-electron chi connectivity index (χ0n) is 10.5. The van der Waals surface area contributed by atoms with Gasteiger partial charge in [0.1, 0.15) is 11.9 Å². The van der Waals surface area contributed by atoms with Crippen molar-refractivity contribution in [2.45, 2.75) is 13.0 Å². The van der Waals surface area contributed by atoms with Crippen molar-refractivity contribution in [2.24, 2.45) is 0 Å². The molecule has 0 radical (unpaired) electrons. The van der Waals surface area contributed by atoms with Gasteiger partial charge < -0.3 is 5.11 Å². The highest BCUT2D eigenvalue weighted by atomic mass is 35.5. The lowest BCUT2D eigenvalue weighted by Gasteiger charge is -2.10. The van der Waals surface area contributed by atoms with Crippen LogP contribution in [0.25, 0.3) is 6.08 Å². The molecule has 0 aliphatic rings. The summed E-state index contributed by atoms with van der Waals surface area (Å²) in [6.07, 6.45) is 0.762. The molecule has 0 spiro atoms. The van der Waals surface area contributed by atoms with E-state index in [0.717, 1.165) is 11.1 Å². The summed E-state index contributed by atoms with van der Waals surface area (Å²) in [5, 5.41) is 10.4. The monoisotopic (exact) mass is 276 g/mol. The van der Waals surface area contributed by atoms with Crippen molar-refractivity contribution in [1.82, 2.24) is 0 Å². The maximum Gasteiger partial charge on any atom is 0.123 e. The number of hydrogen-bond donors (Lipinski definition) is 1. The van der Waals surface area contributed by atoms with Gasteiger partial charge in [0, 0.05) is 0 Å². The van der Waals surface area contributed by atoms with E-state index in [1.54, 1.807) is 6.08 Å². The van der Waals surface area contributed by atoms with Crippen molar-refractivity contribution < 1.29 is 9.50 Å². The maximum absolute atomic E-state index is 12.8. The first kappa shape index (κ1) is 13.8. The van der Waals surface area contributed by atoms with E-state index in [1.165, 1.54) is 24.3 Å². The average molecular weight is 277 g/mol. The van der Waals surface area contributed by atoms with E-state index in [0.29, 0.717) is 10.6 Å². The summed E-state index contributed by atoms with van der Waals surface area (Å²) in [6, 6.07) is 13.4. The van der Waals surface area contributed by atoms with Crippen molar-refractivity contribution in [3.05, 3.63) is 76.1 Å². The number of rotatable bonds is 3. The first-order chi connectivity index (χ1) is 9.06. The molecule has 0 aromatic heterocycles. The molecule has 0 fully saturated rings. The van der Waals surface area contributed by atoms with Crippen LogP contribution < -0.4 is 0 Å². The standard InChI is InChI=1S/C16H14ClFO/c1-11-2-4-12(5-3-11)10-15(17)16(19)13-6-8-14(18)9-7-13/h2-10,16,19H,1H3/b15-10-. The van der Waals surface area contributed by atoms with Crippen LogP contribution in [0.4, 0.5) is 4.39 Å². The molecule has 0 aliphatic carbocycles. The fourth-order valence-corrected chi connectivity index (χ4v) is 1.96. The molecule has 0 bridgehead atoms. The fourth-order valence-electron chi connectivity index (χ4n) is 1.71. The van der Waals surface area contributed by atoms with Crippen LogP contribution in [0.5, 0.6) is 0 Å². The van der Waals surface area contributed by atoms with Crippen molar-refractivity contribution in [1.29, 1.82) is 0 Å². The van der Waals surface area contributed by atoms with Crippen LogP contribution in [-0.4, -0.2) is 5.11 Å². The molecule has 19 heavy (non-hydrogen) atoms. The second kappa shape index (κ2) is 6.00. The van der Waals surface area contributed by atoms with Gasteiger partial charge in [0.2, 0.25) is 0 Å². The molecule has 2 aromatic rings. The average Bonchev–Trinajstić information content (AvgIpc) is 2.41. The molecule has 0 heterocycles. The lowest BCUT2D eigenvalue weighted by atomic mass is 10.1. The van der Waals surface area contributed by atoms with Crippen molar-refractivity contribution >= 4 is 17.7 Å². The Morgan fingerprint density at radius 1 is 1.11 bits per heavy atom. The predicted octanol–water partition coefficient (Wildman–Crippen LogP) is 4.45. The third kappa shape index (κ3) is 3.66. The number of halogens is 2. The highest BCUT2D eigenvalue weighted by molar-refractivity contribution is 6.32. The number of aliphatic hydroxyl groups is 1. The number of aryl methyl sites for hydroxylation is 1. The summed E-state index contributed by atoms with van der Waals surface area (Å²) in [5.74, 6) is -0.338. The molecule has 0 aliphatic heterocycles. The zero-order chi connectivity index (χ0) is 13.8. The Hall–Kier alpha value is -1.64. The number of benzene rings is 2. The topological polar surface area (TPSA) is 20.2 Å². The van der Waals surface area contributed by atoms with E-state index in [4.69, 9.17) is 11.6 Å². The van der Waals surface area contributed by atoms with Crippen LogP contribution in [0.2, 0.25) is 0 Å². The Bertz CT molecular complexity index is 573. The predicted molar refractivity (Wildman–Crippen MR) is 76.4 cm³/mol. The molecule has 98 valence electrons. The Morgan fingerprint density at radius 3 is 2.26 bits per heavy atom. The molecular weight excluding hydrogens is 263 g/mol. The van der Waals surface area contributed by atoms with Crippen LogP contribution in [0.3, 0.4) is 0 Å². The first-order valence-corrected chi connectivity index (χ1v) is 6.31. The van der Waals surface area contributed by atoms with E-state index in [2.05, 4.69) is 0 Å². The van der Waals surface area contributed by atoms with Gasteiger partial charge in [-0.2, -0.15) is 0 Å². The second-order valence-electron chi connectivity index (χ2n) is 4.39. The molecule has 3 heteroatoms. The molecule has 1 N–H and O–H groups in total. The van der Waals surface area contributed by atoms with E-state index in [-0.39, 0.29) is 5.82 Å². The molecule has 0 amide bonds. The van der Waals surface area contributed by atoms with Crippen molar-refractivity contribution in [3.63, 3.8) is 0 Å². The Kier molecular flexibility index (Phi) is 4.35. The van der Waals surface area contributed by atoms with Gasteiger partial charge in [-0.25, -0.2) is 4.39 Å². The molecule has 1 atom stereocenters. The lowest BCUT2D eigenvalue weighted by molar-refractivity contribution is 0.225. The molecule has 2 rings (SSSR count). The van der Waals surface area contributed by atoms with Gasteiger partial charge in [-0.3, -0.25) is 0 Å². The van der Waals surface area contributed by atoms with Gasteiger partial charge in [0.25, 0.3) is 0 Å². The summed E-state index contributed by atoms with van der Waals surface area (Å²) in [7, 11) is 0. The maximum atomic E-state index is 12.8. The normalized spacial score (nSPS) is 13.4. The number of aliphatic hydroxyl groups excluding tert-OH is 1.